The van der Waals surface area contributed by atoms with Crippen molar-refractivity contribution in [3.05, 3.63) is 60.1 Å². The van der Waals surface area contributed by atoms with Crippen molar-refractivity contribution in [2.75, 3.05) is 0 Å². The lowest BCUT2D eigenvalue weighted by Crippen LogP contribution is -2.12. The Balaban J connectivity index is 2.25. The molecule has 0 bridgehead atoms. The lowest BCUT2D eigenvalue weighted by molar-refractivity contribution is 0.446. The van der Waals surface area contributed by atoms with E-state index in [1.807, 2.05) is 42.5 Å². The Labute approximate surface area is 96.1 Å². The second-order valence-electron chi connectivity index (χ2n) is 4.22. The van der Waals surface area contributed by atoms with Crippen LogP contribution in [0, 0.1) is 11.8 Å². The number of furan rings is 1. The van der Waals surface area contributed by atoms with Gasteiger partial charge in [0.05, 0.1) is 11.7 Å². The monoisotopic (exact) mass is 210 g/mol. The number of benzene rings is 1. The SMILES string of the molecule is CC(C)(C#Cc1ccccc1)c1ccco1. The summed E-state index contributed by atoms with van der Waals surface area (Å²) in [5.74, 6) is 7.30. The van der Waals surface area contributed by atoms with Crippen molar-refractivity contribution in [1.82, 2.24) is 0 Å². The lowest BCUT2D eigenvalue weighted by atomic mass is 9.91. The number of hydrogen-bond acceptors (Lipinski definition) is 1. The Morgan fingerprint density at radius 3 is 2.38 bits per heavy atom. The fraction of sp³-hybridized carbons (Fsp3) is 0.200. The molecule has 0 aliphatic carbocycles. The zero-order chi connectivity index (χ0) is 11.4. The summed E-state index contributed by atoms with van der Waals surface area (Å²) in [6.07, 6.45) is 1.68. The lowest BCUT2D eigenvalue weighted by Gasteiger charge is -2.13. The van der Waals surface area contributed by atoms with Crippen LogP contribution in [-0.2, 0) is 5.41 Å². The smallest absolute Gasteiger partial charge is 0.121 e. The molecule has 0 fully saturated rings. The average molecular weight is 210 g/mol. The van der Waals surface area contributed by atoms with Gasteiger partial charge in [0.25, 0.3) is 0 Å². The number of rotatable bonds is 1. The second-order valence-corrected chi connectivity index (χ2v) is 4.22. The Hall–Kier alpha value is -1.94. The fourth-order valence-corrected chi connectivity index (χ4v) is 1.45. The molecule has 0 N–H and O–H groups in total. The highest BCUT2D eigenvalue weighted by Crippen LogP contribution is 2.22. The van der Waals surface area contributed by atoms with Crippen LogP contribution in [0.1, 0.15) is 25.2 Å². The Morgan fingerprint density at radius 1 is 1.00 bits per heavy atom. The molecular weight excluding hydrogens is 196 g/mol. The zero-order valence-electron chi connectivity index (χ0n) is 9.53. The molecule has 1 heterocycles. The van der Waals surface area contributed by atoms with Crippen LogP contribution in [0.15, 0.2) is 53.1 Å². The molecule has 0 spiro atoms. The maximum Gasteiger partial charge on any atom is 0.121 e. The van der Waals surface area contributed by atoms with E-state index in [2.05, 4.69) is 25.7 Å². The predicted octanol–water partition coefficient (Wildman–Crippen LogP) is 3.61. The van der Waals surface area contributed by atoms with Gasteiger partial charge in [-0.1, -0.05) is 30.0 Å². The molecule has 0 aliphatic rings. The van der Waals surface area contributed by atoms with E-state index in [-0.39, 0.29) is 5.41 Å². The standard InChI is InChI=1S/C15H14O/c1-15(2,14-9-6-12-16-14)11-10-13-7-4-3-5-8-13/h3-9,12H,1-2H3. The molecule has 1 aromatic carbocycles. The van der Waals surface area contributed by atoms with Gasteiger partial charge in [-0.2, -0.15) is 0 Å². The quantitative estimate of drug-likeness (QED) is 0.655. The first kappa shape index (κ1) is 10.6. The van der Waals surface area contributed by atoms with Crippen LogP contribution < -0.4 is 0 Å². The molecule has 80 valence electrons. The topological polar surface area (TPSA) is 13.1 Å². The number of hydrogen-bond donors (Lipinski definition) is 0. The van der Waals surface area contributed by atoms with Crippen molar-refractivity contribution < 1.29 is 4.42 Å². The van der Waals surface area contributed by atoms with Gasteiger partial charge in [-0.05, 0) is 38.1 Å². The van der Waals surface area contributed by atoms with E-state index in [0.717, 1.165) is 11.3 Å². The molecule has 2 rings (SSSR count). The molecule has 1 heteroatoms. The highest BCUT2D eigenvalue weighted by molar-refractivity contribution is 5.38. The van der Waals surface area contributed by atoms with Crippen molar-refractivity contribution in [1.29, 1.82) is 0 Å². The molecule has 0 unspecified atom stereocenters. The van der Waals surface area contributed by atoms with Crippen LogP contribution in [0.25, 0.3) is 0 Å². The Morgan fingerprint density at radius 2 is 1.75 bits per heavy atom. The van der Waals surface area contributed by atoms with Crippen LogP contribution in [0.5, 0.6) is 0 Å². The van der Waals surface area contributed by atoms with Crippen molar-refractivity contribution in [3.63, 3.8) is 0 Å². The average Bonchev–Trinajstić information content (AvgIpc) is 2.82. The van der Waals surface area contributed by atoms with Crippen LogP contribution >= 0.6 is 0 Å². The minimum atomic E-state index is -0.251. The summed E-state index contributed by atoms with van der Waals surface area (Å²) in [7, 11) is 0. The normalized spacial score (nSPS) is 10.6. The molecule has 2 aromatic rings. The summed E-state index contributed by atoms with van der Waals surface area (Å²) >= 11 is 0. The van der Waals surface area contributed by atoms with Crippen molar-refractivity contribution >= 4 is 0 Å². The molecule has 1 nitrogen and oxygen atoms in total. The van der Waals surface area contributed by atoms with Gasteiger partial charge in [-0.25, -0.2) is 0 Å². The Kier molecular flexibility index (Phi) is 2.83. The van der Waals surface area contributed by atoms with Gasteiger partial charge in [-0.3, -0.25) is 0 Å². The molecule has 0 amide bonds. The van der Waals surface area contributed by atoms with Crippen LogP contribution in [0.2, 0.25) is 0 Å². The van der Waals surface area contributed by atoms with Gasteiger partial charge in [0.15, 0.2) is 0 Å². The first-order valence-corrected chi connectivity index (χ1v) is 5.31. The van der Waals surface area contributed by atoms with E-state index in [4.69, 9.17) is 4.42 Å². The van der Waals surface area contributed by atoms with Gasteiger partial charge in [0, 0.05) is 5.56 Å². The molecule has 0 saturated heterocycles. The zero-order valence-corrected chi connectivity index (χ0v) is 9.53. The van der Waals surface area contributed by atoms with Gasteiger partial charge < -0.3 is 4.42 Å². The van der Waals surface area contributed by atoms with Gasteiger partial charge >= 0.3 is 0 Å². The minimum absolute atomic E-state index is 0.251. The summed E-state index contributed by atoms with van der Waals surface area (Å²) in [5, 5.41) is 0. The third-order valence-corrected chi connectivity index (χ3v) is 2.43. The predicted molar refractivity (Wildman–Crippen MR) is 65.1 cm³/mol. The summed E-state index contributed by atoms with van der Waals surface area (Å²) in [4.78, 5) is 0. The van der Waals surface area contributed by atoms with E-state index in [1.54, 1.807) is 6.26 Å². The first-order valence-electron chi connectivity index (χ1n) is 5.31. The summed E-state index contributed by atoms with van der Waals surface area (Å²) in [5.41, 5.74) is 0.779. The van der Waals surface area contributed by atoms with Crippen molar-refractivity contribution in [2.45, 2.75) is 19.3 Å². The molecule has 16 heavy (non-hydrogen) atoms. The van der Waals surface area contributed by atoms with Crippen LogP contribution in [-0.4, -0.2) is 0 Å². The van der Waals surface area contributed by atoms with Crippen molar-refractivity contribution in [2.24, 2.45) is 0 Å². The minimum Gasteiger partial charge on any atom is -0.468 e. The third-order valence-electron chi connectivity index (χ3n) is 2.43. The molecular formula is C15H14O. The third kappa shape index (κ3) is 2.35. The largest absolute Gasteiger partial charge is 0.468 e. The summed E-state index contributed by atoms with van der Waals surface area (Å²) < 4.78 is 5.38. The summed E-state index contributed by atoms with van der Waals surface area (Å²) in [6, 6.07) is 13.8. The molecule has 0 saturated carbocycles. The van der Waals surface area contributed by atoms with E-state index in [0.29, 0.717) is 0 Å². The maximum atomic E-state index is 5.38. The fourth-order valence-electron chi connectivity index (χ4n) is 1.45. The highest BCUT2D eigenvalue weighted by Gasteiger charge is 2.20. The van der Waals surface area contributed by atoms with Crippen molar-refractivity contribution in [3.8, 4) is 11.8 Å². The maximum absolute atomic E-state index is 5.38. The second kappa shape index (κ2) is 4.28. The van der Waals surface area contributed by atoms with Crippen LogP contribution in [0.4, 0.5) is 0 Å². The van der Waals surface area contributed by atoms with E-state index in [9.17, 15) is 0 Å². The molecule has 1 aromatic heterocycles. The van der Waals surface area contributed by atoms with Gasteiger partial charge in [0.2, 0.25) is 0 Å². The van der Waals surface area contributed by atoms with Gasteiger partial charge in [-0.15, -0.1) is 0 Å². The summed E-state index contributed by atoms with van der Waals surface area (Å²) in [6.45, 7) is 4.11. The van der Waals surface area contributed by atoms with Crippen LogP contribution in [0.3, 0.4) is 0 Å². The van der Waals surface area contributed by atoms with Gasteiger partial charge in [0.1, 0.15) is 5.76 Å². The molecule has 0 aliphatic heterocycles. The highest BCUT2D eigenvalue weighted by atomic mass is 16.3. The van der Waals surface area contributed by atoms with E-state index in [1.165, 1.54) is 0 Å². The molecule has 0 atom stereocenters. The first-order chi connectivity index (χ1) is 7.68. The van der Waals surface area contributed by atoms with E-state index < -0.39 is 0 Å². The molecule has 0 radical (unpaired) electrons. The van der Waals surface area contributed by atoms with E-state index >= 15 is 0 Å². The Bertz CT molecular complexity index is 495.